The second-order valence-corrected chi connectivity index (χ2v) is 7.44. The maximum atomic E-state index is 12.3. The number of aliphatic imine (C=N–C) groups is 1. The SMILES string of the molecule is CN=C(NCc1ccc(C)cc1)NCc1cccc(NC(=O)C2CCCC2)c1. The van der Waals surface area contributed by atoms with Crippen LogP contribution in [-0.4, -0.2) is 18.9 Å². The van der Waals surface area contributed by atoms with Gasteiger partial charge in [0, 0.05) is 31.7 Å². The molecule has 1 aliphatic carbocycles. The lowest BCUT2D eigenvalue weighted by Gasteiger charge is -2.14. The minimum absolute atomic E-state index is 0.151. The molecule has 2 aromatic carbocycles. The summed E-state index contributed by atoms with van der Waals surface area (Å²) in [7, 11) is 1.77. The average molecular weight is 379 g/mol. The first kappa shape index (κ1) is 19.9. The van der Waals surface area contributed by atoms with Gasteiger partial charge in [-0.1, -0.05) is 54.8 Å². The first-order valence-electron chi connectivity index (χ1n) is 10.0. The van der Waals surface area contributed by atoms with Gasteiger partial charge in [-0.2, -0.15) is 0 Å². The molecule has 1 saturated carbocycles. The molecule has 2 aromatic rings. The Morgan fingerprint density at radius 3 is 2.36 bits per heavy atom. The molecule has 1 amide bonds. The van der Waals surface area contributed by atoms with Crippen molar-refractivity contribution < 1.29 is 4.79 Å². The molecular weight excluding hydrogens is 348 g/mol. The van der Waals surface area contributed by atoms with Crippen LogP contribution in [0.4, 0.5) is 5.69 Å². The maximum absolute atomic E-state index is 12.3. The highest BCUT2D eigenvalue weighted by atomic mass is 16.1. The molecule has 5 heteroatoms. The normalized spacial score (nSPS) is 14.7. The number of nitrogens with zero attached hydrogens (tertiary/aromatic N) is 1. The second kappa shape index (κ2) is 9.93. The van der Waals surface area contributed by atoms with E-state index in [1.165, 1.54) is 11.1 Å². The molecular formula is C23H30N4O. The molecule has 0 spiro atoms. The first-order valence-corrected chi connectivity index (χ1v) is 10.0. The summed E-state index contributed by atoms with van der Waals surface area (Å²) in [6.45, 7) is 3.44. The van der Waals surface area contributed by atoms with Gasteiger partial charge >= 0.3 is 0 Å². The number of hydrogen-bond donors (Lipinski definition) is 3. The van der Waals surface area contributed by atoms with E-state index in [1.807, 2.05) is 24.3 Å². The fourth-order valence-corrected chi connectivity index (χ4v) is 3.49. The average Bonchev–Trinajstić information content (AvgIpc) is 3.25. The summed E-state index contributed by atoms with van der Waals surface area (Å²) in [6.07, 6.45) is 4.35. The van der Waals surface area contributed by atoms with Gasteiger partial charge < -0.3 is 16.0 Å². The van der Waals surface area contributed by atoms with E-state index in [0.29, 0.717) is 6.54 Å². The molecule has 0 heterocycles. The summed E-state index contributed by atoms with van der Waals surface area (Å²) < 4.78 is 0. The lowest BCUT2D eigenvalue weighted by Crippen LogP contribution is -2.36. The van der Waals surface area contributed by atoms with Crippen molar-refractivity contribution in [3.8, 4) is 0 Å². The number of rotatable bonds is 6. The van der Waals surface area contributed by atoms with Gasteiger partial charge in [0.2, 0.25) is 5.91 Å². The highest BCUT2D eigenvalue weighted by Crippen LogP contribution is 2.26. The second-order valence-electron chi connectivity index (χ2n) is 7.44. The van der Waals surface area contributed by atoms with Crippen LogP contribution < -0.4 is 16.0 Å². The van der Waals surface area contributed by atoms with Crippen LogP contribution in [0.2, 0.25) is 0 Å². The number of anilines is 1. The minimum atomic E-state index is 0.151. The molecule has 0 saturated heterocycles. The minimum Gasteiger partial charge on any atom is -0.352 e. The monoisotopic (exact) mass is 378 g/mol. The van der Waals surface area contributed by atoms with Crippen molar-refractivity contribution in [1.29, 1.82) is 0 Å². The zero-order valence-electron chi connectivity index (χ0n) is 16.8. The Morgan fingerprint density at radius 1 is 1.00 bits per heavy atom. The van der Waals surface area contributed by atoms with Crippen LogP contribution in [0.25, 0.3) is 0 Å². The van der Waals surface area contributed by atoms with E-state index < -0.39 is 0 Å². The highest BCUT2D eigenvalue weighted by molar-refractivity contribution is 5.92. The number of hydrogen-bond acceptors (Lipinski definition) is 2. The Hall–Kier alpha value is -2.82. The number of nitrogens with one attached hydrogen (secondary N) is 3. The van der Waals surface area contributed by atoms with Gasteiger partial charge in [0.1, 0.15) is 0 Å². The maximum Gasteiger partial charge on any atom is 0.227 e. The van der Waals surface area contributed by atoms with Crippen molar-refractivity contribution in [2.24, 2.45) is 10.9 Å². The Bertz CT molecular complexity index is 808. The van der Waals surface area contributed by atoms with E-state index in [4.69, 9.17) is 0 Å². The van der Waals surface area contributed by atoms with Crippen LogP contribution in [0.3, 0.4) is 0 Å². The summed E-state index contributed by atoms with van der Waals surface area (Å²) in [4.78, 5) is 16.6. The Kier molecular flexibility index (Phi) is 7.06. The van der Waals surface area contributed by atoms with E-state index >= 15 is 0 Å². The molecule has 1 aliphatic rings. The van der Waals surface area contributed by atoms with Crippen LogP contribution in [0.1, 0.15) is 42.4 Å². The van der Waals surface area contributed by atoms with Crippen molar-refractivity contribution in [2.45, 2.75) is 45.7 Å². The highest BCUT2D eigenvalue weighted by Gasteiger charge is 2.22. The number of guanidine groups is 1. The zero-order chi connectivity index (χ0) is 19.8. The van der Waals surface area contributed by atoms with Gasteiger partial charge in [-0.25, -0.2) is 0 Å². The van der Waals surface area contributed by atoms with Crippen molar-refractivity contribution in [2.75, 3.05) is 12.4 Å². The van der Waals surface area contributed by atoms with Crippen molar-refractivity contribution in [3.05, 3.63) is 65.2 Å². The zero-order valence-corrected chi connectivity index (χ0v) is 16.8. The van der Waals surface area contributed by atoms with Crippen LogP contribution in [-0.2, 0) is 17.9 Å². The molecule has 0 bridgehead atoms. The molecule has 0 aliphatic heterocycles. The number of amides is 1. The van der Waals surface area contributed by atoms with Crippen molar-refractivity contribution in [1.82, 2.24) is 10.6 Å². The van der Waals surface area contributed by atoms with Crippen LogP contribution in [0, 0.1) is 12.8 Å². The lowest BCUT2D eigenvalue weighted by molar-refractivity contribution is -0.119. The van der Waals surface area contributed by atoms with Crippen LogP contribution in [0.15, 0.2) is 53.5 Å². The number of aryl methyl sites for hydroxylation is 1. The summed E-state index contributed by atoms with van der Waals surface area (Å²) in [5.41, 5.74) is 4.43. The fraction of sp³-hybridized carbons (Fsp3) is 0.391. The summed E-state index contributed by atoms with van der Waals surface area (Å²) >= 11 is 0. The topological polar surface area (TPSA) is 65.5 Å². The molecule has 1 fully saturated rings. The van der Waals surface area contributed by atoms with E-state index in [-0.39, 0.29) is 11.8 Å². The third kappa shape index (κ3) is 5.84. The van der Waals surface area contributed by atoms with Crippen LogP contribution in [0.5, 0.6) is 0 Å². The van der Waals surface area contributed by atoms with Gasteiger partial charge in [-0.3, -0.25) is 9.79 Å². The third-order valence-electron chi connectivity index (χ3n) is 5.18. The summed E-state index contributed by atoms with van der Waals surface area (Å²) in [6, 6.07) is 16.4. The molecule has 3 rings (SSSR count). The number of benzene rings is 2. The summed E-state index contributed by atoms with van der Waals surface area (Å²) in [5, 5.41) is 9.72. The molecule has 0 unspecified atom stereocenters. The van der Waals surface area contributed by atoms with Gasteiger partial charge in [0.15, 0.2) is 5.96 Å². The Morgan fingerprint density at radius 2 is 1.68 bits per heavy atom. The predicted molar refractivity (Wildman–Crippen MR) is 115 cm³/mol. The molecule has 0 radical (unpaired) electrons. The quantitative estimate of drug-likeness (QED) is 0.526. The fourth-order valence-electron chi connectivity index (χ4n) is 3.49. The molecule has 3 N–H and O–H groups in total. The van der Waals surface area contributed by atoms with Gasteiger partial charge in [-0.05, 0) is 43.0 Å². The van der Waals surface area contributed by atoms with E-state index in [0.717, 1.165) is 49.4 Å². The van der Waals surface area contributed by atoms with Gasteiger partial charge in [0.25, 0.3) is 0 Å². The standard InChI is InChI=1S/C23H30N4O/c1-17-10-12-18(13-11-17)15-25-23(24-2)26-16-19-6-5-9-21(14-19)27-22(28)20-7-3-4-8-20/h5-6,9-14,20H,3-4,7-8,15-16H2,1-2H3,(H,27,28)(H2,24,25,26). The van der Waals surface area contributed by atoms with Crippen molar-refractivity contribution >= 4 is 17.6 Å². The van der Waals surface area contributed by atoms with E-state index in [9.17, 15) is 4.79 Å². The van der Waals surface area contributed by atoms with E-state index in [1.54, 1.807) is 7.05 Å². The largest absolute Gasteiger partial charge is 0.352 e. The smallest absolute Gasteiger partial charge is 0.227 e. The van der Waals surface area contributed by atoms with Gasteiger partial charge in [-0.15, -0.1) is 0 Å². The lowest BCUT2D eigenvalue weighted by atomic mass is 10.1. The van der Waals surface area contributed by atoms with E-state index in [2.05, 4.69) is 52.1 Å². The molecule has 0 aromatic heterocycles. The van der Waals surface area contributed by atoms with Crippen molar-refractivity contribution in [3.63, 3.8) is 0 Å². The Balaban J connectivity index is 1.49. The first-order chi connectivity index (χ1) is 13.6. The molecule has 148 valence electrons. The Labute approximate surface area is 167 Å². The number of carbonyl (C=O) groups excluding carboxylic acids is 1. The van der Waals surface area contributed by atoms with Crippen LogP contribution >= 0.6 is 0 Å². The number of carbonyl (C=O) groups is 1. The summed E-state index contributed by atoms with van der Waals surface area (Å²) in [5.74, 6) is 1.07. The molecule has 0 atom stereocenters. The molecule has 5 nitrogen and oxygen atoms in total. The third-order valence-corrected chi connectivity index (χ3v) is 5.18. The predicted octanol–water partition coefficient (Wildman–Crippen LogP) is 3.99. The van der Waals surface area contributed by atoms with Gasteiger partial charge in [0.05, 0.1) is 0 Å². The molecule has 28 heavy (non-hydrogen) atoms.